The predicted octanol–water partition coefficient (Wildman–Crippen LogP) is 4.73. The molecular formula is C13H13Cl2NOS. The van der Waals surface area contributed by atoms with Crippen LogP contribution < -0.4 is 0 Å². The zero-order valence-corrected chi connectivity index (χ0v) is 12.4. The molecule has 0 amide bonds. The van der Waals surface area contributed by atoms with Crippen LogP contribution >= 0.6 is 34.5 Å². The van der Waals surface area contributed by atoms with Crippen molar-refractivity contribution < 1.29 is 5.11 Å². The minimum absolute atomic E-state index is 0.0103. The Kier molecular flexibility index (Phi) is 4.28. The first-order valence-electron chi connectivity index (χ1n) is 5.58. The van der Waals surface area contributed by atoms with Crippen LogP contribution in [0.15, 0.2) is 18.2 Å². The van der Waals surface area contributed by atoms with E-state index < -0.39 is 0 Å². The number of rotatable bonds is 3. The summed E-state index contributed by atoms with van der Waals surface area (Å²) in [5, 5.41) is 11.4. The first-order chi connectivity index (χ1) is 8.52. The average Bonchev–Trinajstić information content (AvgIpc) is 2.73. The van der Waals surface area contributed by atoms with E-state index in [9.17, 15) is 5.11 Å². The molecule has 0 unspecified atom stereocenters. The van der Waals surface area contributed by atoms with E-state index in [0.29, 0.717) is 10.0 Å². The lowest BCUT2D eigenvalue weighted by atomic mass is 10.1. The second-order valence-corrected chi connectivity index (χ2v) is 6.19. The van der Waals surface area contributed by atoms with Gasteiger partial charge in [0, 0.05) is 10.6 Å². The van der Waals surface area contributed by atoms with Gasteiger partial charge in [-0.3, -0.25) is 0 Å². The molecule has 0 saturated carbocycles. The summed E-state index contributed by atoms with van der Waals surface area (Å²) in [4.78, 5) is 5.47. The van der Waals surface area contributed by atoms with Crippen molar-refractivity contribution in [1.82, 2.24) is 4.98 Å². The summed E-state index contributed by atoms with van der Waals surface area (Å²) in [6.07, 6.45) is 0. The van der Waals surface area contributed by atoms with Crippen LogP contribution in [0.25, 0.3) is 10.6 Å². The number of halogens is 2. The largest absolute Gasteiger partial charge is 0.391 e. The number of nitrogens with zero attached hydrogens (tertiary/aromatic N) is 1. The van der Waals surface area contributed by atoms with Crippen molar-refractivity contribution >= 4 is 34.5 Å². The van der Waals surface area contributed by atoms with E-state index >= 15 is 0 Å². The summed E-state index contributed by atoms with van der Waals surface area (Å²) < 4.78 is 0. The number of aliphatic hydroxyl groups excluding tert-OH is 1. The molecule has 0 aliphatic rings. The molecule has 0 spiro atoms. The summed E-state index contributed by atoms with van der Waals surface area (Å²) >= 11 is 13.5. The third-order valence-corrected chi connectivity index (χ3v) is 4.22. The minimum atomic E-state index is 0.0103. The van der Waals surface area contributed by atoms with Gasteiger partial charge in [0.1, 0.15) is 5.01 Å². The maximum absolute atomic E-state index is 9.36. The highest BCUT2D eigenvalue weighted by atomic mass is 35.5. The summed E-state index contributed by atoms with van der Waals surface area (Å²) in [5.74, 6) is 0.281. The Morgan fingerprint density at radius 2 is 2.06 bits per heavy atom. The van der Waals surface area contributed by atoms with Crippen molar-refractivity contribution in [2.75, 3.05) is 0 Å². The van der Waals surface area contributed by atoms with Crippen LogP contribution in [-0.2, 0) is 6.61 Å². The Balaban J connectivity index is 2.51. The van der Waals surface area contributed by atoms with Gasteiger partial charge in [-0.1, -0.05) is 37.0 Å². The highest BCUT2D eigenvalue weighted by Crippen LogP contribution is 2.36. The molecule has 1 heterocycles. The monoisotopic (exact) mass is 301 g/mol. The van der Waals surface area contributed by atoms with Crippen LogP contribution in [-0.4, -0.2) is 10.1 Å². The van der Waals surface area contributed by atoms with Crippen molar-refractivity contribution in [3.05, 3.63) is 38.8 Å². The molecule has 0 radical (unpaired) electrons. The molecule has 0 saturated heterocycles. The van der Waals surface area contributed by atoms with E-state index in [1.54, 1.807) is 12.1 Å². The Bertz CT molecular complexity index is 566. The molecule has 5 heteroatoms. The molecule has 2 aromatic rings. The van der Waals surface area contributed by atoms with Gasteiger partial charge in [0.25, 0.3) is 0 Å². The third kappa shape index (κ3) is 2.69. The van der Waals surface area contributed by atoms with E-state index in [4.69, 9.17) is 23.2 Å². The van der Waals surface area contributed by atoms with E-state index in [0.717, 1.165) is 21.1 Å². The van der Waals surface area contributed by atoms with Gasteiger partial charge in [0.05, 0.1) is 22.2 Å². The van der Waals surface area contributed by atoms with Crippen molar-refractivity contribution in [3.63, 3.8) is 0 Å². The van der Waals surface area contributed by atoms with Crippen LogP contribution in [0.2, 0.25) is 10.0 Å². The smallest absolute Gasteiger partial charge is 0.125 e. The second-order valence-electron chi connectivity index (χ2n) is 4.26. The fourth-order valence-electron chi connectivity index (χ4n) is 1.71. The first kappa shape index (κ1) is 13.8. The zero-order chi connectivity index (χ0) is 13.3. The molecule has 1 aromatic heterocycles. The molecule has 96 valence electrons. The van der Waals surface area contributed by atoms with E-state index in [2.05, 4.69) is 18.8 Å². The first-order valence-corrected chi connectivity index (χ1v) is 7.16. The van der Waals surface area contributed by atoms with Gasteiger partial charge in [-0.2, -0.15) is 0 Å². The lowest BCUT2D eigenvalue weighted by molar-refractivity contribution is 0.283. The molecular weight excluding hydrogens is 289 g/mol. The van der Waals surface area contributed by atoms with Crippen LogP contribution in [0.4, 0.5) is 0 Å². The molecule has 0 aliphatic heterocycles. The molecule has 1 aromatic carbocycles. The molecule has 2 nitrogen and oxygen atoms in total. The second kappa shape index (κ2) is 5.57. The average molecular weight is 302 g/mol. The molecule has 1 N–H and O–H groups in total. The molecule has 18 heavy (non-hydrogen) atoms. The summed E-state index contributed by atoms with van der Waals surface area (Å²) in [5.41, 5.74) is 1.79. The highest BCUT2D eigenvalue weighted by Gasteiger charge is 2.16. The molecule has 0 bridgehead atoms. The fraction of sp³-hybridized carbons (Fsp3) is 0.308. The Labute approximate surface area is 120 Å². The lowest BCUT2D eigenvalue weighted by Gasteiger charge is -2.02. The number of hydrogen-bond acceptors (Lipinski definition) is 3. The number of thiazole rings is 1. The fourth-order valence-corrected chi connectivity index (χ4v) is 3.38. The van der Waals surface area contributed by atoms with Gasteiger partial charge in [-0.25, -0.2) is 4.98 Å². The standard InChI is InChI=1S/C13H13Cl2NOS/c1-7(2)12-11(6-17)18-13(16-12)9-4-3-8(14)5-10(9)15/h3-5,7,17H,6H2,1-2H3. The van der Waals surface area contributed by atoms with Crippen LogP contribution in [0.1, 0.15) is 30.3 Å². The van der Waals surface area contributed by atoms with Gasteiger partial charge in [0.15, 0.2) is 0 Å². The van der Waals surface area contributed by atoms with Crippen molar-refractivity contribution in [3.8, 4) is 10.6 Å². The Hall–Kier alpha value is -0.610. The Morgan fingerprint density at radius 3 is 2.56 bits per heavy atom. The number of aromatic nitrogens is 1. The summed E-state index contributed by atoms with van der Waals surface area (Å²) in [6, 6.07) is 5.35. The van der Waals surface area contributed by atoms with Crippen molar-refractivity contribution in [1.29, 1.82) is 0 Å². The number of hydrogen-bond donors (Lipinski definition) is 1. The van der Waals surface area contributed by atoms with Crippen LogP contribution in [0.5, 0.6) is 0 Å². The van der Waals surface area contributed by atoms with Gasteiger partial charge >= 0.3 is 0 Å². The molecule has 2 rings (SSSR count). The topological polar surface area (TPSA) is 33.1 Å². The third-order valence-electron chi connectivity index (χ3n) is 2.58. The van der Waals surface area contributed by atoms with Gasteiger partial charge in [-0.15, -0.1) is 11.3 Å². The number of benzene rings is 1. The molecule has 0 fully saturated rings. The van der Waals surface area contributed by atoms with Gasteiger partial charge in [-0.05, 0) is 24.1 Å². The normalized spacial score (nSPS) is 11.2. The lowest BCUT2D eigenvalue weighted by Crippen LogP contribution is -1.93. The maximum atomic E-state index is 9.36. The van der Waals surface area contributed by atoms with Gasteiger partial charge in [0.2, 0.25) is 0 Å². The van der Waals surface area contributed by atoms with Crippen molar-refractivity contribution in [2.24, 2.45) is 0 Å². The van der Waals surface area contributed by atoms with E-state index in [1.807, 2.05) is 6.07 Å². The number of aliphatic hydroxyl groups is 1. The predicted molar refractivity (Wildman–Crippen MR) is 77.6 cm³/mol. The quantitative estimate of drug-likeness (QED) is 0.889. The van der Waals surface area contributed by atoms with Gasteiger partial charge < -0.3 is 5.11 Å². The summed E-state index contributed by atoms with van der Waals surface area (Å²) in [6.45, 7) is 4.12. The van der Waals surface area contributed by atoms with E-state index in [1.165, 1.54) is 11.3 Å². The van der Waals surface area contributed by atoms with Crippen molar-refractivity contribution in [2.45, 2.75) is 26.4 Å². The highest BCUT2D eigenvalue weighted by molar-refractivity contribution is 7.15. The van der Waals surface area contributed by atoms with Crippen LogP contribution in [0.3, 0.4) is 0 Å². The maximum Gasteiger partial charge on any atom is 0.125 e. The van der Waals surface area contributed by atoms with E-state index in [-0.39, 0.29) is 12.5 Å². The minimum Gasteiger partial charge on any atom is -0.391 e. The SMILES string of the molecule is CC(C)c1nc(-c2ccc(Cl)cc2Cl)sc1CO. The molecule has 0 aliphatic carbocycles. The van der Waals surface area contributed by atoms with Crippen LogP contribution in [0, 0.1) is 0 Å². The summed E-state index contributed by atoms with van der Waals surface area (Å²) in [7, 11) is 0. The zero-order valence-electron chi connectivity index (χ0n) is 10.1. The molecule has 0 atom stereocenters. The Morgan fingerprint density at radius 1 is 1.33 bits per heavy atom.